The largest absolute Gasteiger partial charge is 0.492 e. The Kier molecular flexibility index (Phi) is 7.45. The van der Waals surface area contributed by atoms with Gasteiger partial charge in [-0.1, -0.05) is 72.8 Å². The van der Waals surface area contributed by atoms with Crippen molar-refractivity contribution in [1.82, 2.24) is 0 Å². The van der Waals surface area contributed by atoms with E-state index in [1.807, 2.05) is 112 Å². The molecular formula is C34H34O5. The Bertz CT molecular complexity index is 1410. The lowest BCUT2D eigenvalue weighted by molar-refractivity contribution is -0.143. The van der Waals surface area contributed by atoms with Crippen LogP contribution in [-0.4, -0.2) is 17.7 Å². The molecule has 1 heterocycles. The molecule has 0 aliphatic carbocycles. The number of fused-ring (bicyclic) bond motifs is 1. The number of hydrogen-bond acceptors (Lipinski definition) is 5. The van der Waals surface area contributed by atoms with Gasteiger partial charge in [-0.05, 0) is 61.7 Å². The number of carbonyl (C=O) groups excluding carboxylic acids is 1. The highest BCUT2D eigenvalue weighted by Gasteiger charge is 2.45. The molecule has 1 N–H and O–H groups in total. The molecule has 2 unspecified atom stereocenters. The topological polar surface area (TPSA) is 65.0 Å². The number of carbonyl (C=O) groups is 1. The van der Waals surface area contributed by atoms with Gasteiger partial charge in [0.05, 0.1) is 17.9 Å². The molecule has 0 bridgehead atoms. The Morgan fingerprint density at radius 3 is 2.18 bits per heavy atom. The van der Waals surface area contributed by atoms with Gasteiger partial charge in [0.25, 0.3) is 0 Å². The van der Waals surface area contributed by atoms with Crippen molar-refractivity contribution in [2.75, 3.05) is 6.61 Å². The molecule has 5 nitrogen and oxygen atoms in total. The summed E-state index contributed by atoms with van der Waals surface area (Å²) in [6.45, 7) is 6.22. The number of rotatable bonds is 7. The van der Waals surface area contributed by atoms with Crippen LogP contribution in [0.3, 0.4) is 0 Å². The summed E-state index contributed by atoms with van der Waals surface area (Å²) < 4.78 is 17.7. The van der Waals surface area contributed by atoms with Gasteiger partial charge in [-0.2, -0.15) is 0 Å². The van der Waals surface area contributed by atoms with Crippen LogP contribution in [0.1, 0.15) is 48.9 Å². The minimum atomic E-state index is -1.24. The fourth-order valence-corrected chi connectivity index (χ4v) is 4.83. The third-order valence-electron chi connectivity index (χ3n) is 7.07. The zero-order valence-corrected chi connectivity index (χ0v) is 22.6. The molecule has 0 radical (unpaired) electrons. The first-order valence-corrected chi connectivity index (χ1v) is 13.2. The van der Waals surface area contributed by atoms with Crippen LogP contribution in [0.2, 0.25) is 0 Å². The number of esters is 1. The lowest BCUT2D eigenvalue weighted by Gasteiger charge is -2.42. The van der Waals surface area contributed by atoms with E-state index in [1.54, 1.807) is 12.1 Å². The maximum Gasteiger partial charge on any atom is 0.316 e. The van der Waals surface area contributed by atoms with Gasteiger partial charge >= 0.3 is 5.97 Å². The first-order valence-electron chi connectivity index (χ1n) is 13.2. The summed E-state index contributed by atoms with van der Waals surface area (Å²) in [5.74, 6) is 1.07. The van der Waals surface area contributed by atoms with Gasteiger partial charge in [-0.15, -0.1) is 0 Å². The second-order valence-corrected chi connectivity index (χ2v) is 11.1. The fraction of sp³-hybridized carbons (Fsp3) is 0.265. The molecule has 200 valence electrons. The molecule has 0 saturated carbocycles. The summed E-state index contributed by atoms with van der Waals surface area (Å²) in [7, 11) is 0. The summed E-state index contributed by atoms with van der Waals surface area (Å²) in [6.07, 6.45) is 0.378. The highest BCUT2D eigenvalue weighted by atomic mass is 16.5. The van der Waals surface area contributed by atoms with Gasteiger partial charge < -0.3 is 19.3 Å². The molecular weight excluding hydrogens is 488 g/mol. The van der Waals surface area contributed by atoms with Gasteiger partial charge in [-0.3, -0.25) is 4.79 Å². The maximum absolute atomic E-state index is 12.4. The van der Waals surface area contributed by atoms with Crippen molar-refractivity contribution in [1.29, 1.82) is 0 Å². The van der Waals surface area contributed by atoms with E-state index in [2.05, 4.69) is 0 Å². The average Bonchev–Trinajstić information content (AvgIpc) is 2.93. The van der Waals surface area contributed by atoms with Crippen molar-refractivity contribution in [3.63, 3.8) is 0 Å². The minimum Gasteiger partial charge on any atom is -0.492 e. The molecule has 5 rings (SSSR count). The second-order valence-electron chi connectivity index (χ2n) is 11.1. The molecule has 39 heavy (non-hydrogen) atoms. The van der Waals surface area contributed by atoms with E-state index in [4.69, 9.17) is 14.2 Å². The quantitative estimate of drug-likeness (QED) is 0.213. The molecule has 0 spiro atoms. The maximum atomic E-state index is 12.4. The van der Waals surface area contributed by atoms with Crippen LogP contribution in [0.25, 0.3) is 0 Å². The average molecular weight is 523 g/mol. The number of hydrogen-bond donors (Lipinski definition) is 1. The Morgan fingerprint density at radius 2 is 1.51 bits per heavy atom. The van der Waals surface area contributed by atoms with E-state index in [9.17, 15) is 9.90 Å². The molecule has 0 fully saturated rings. The number of benzene rings is 4. The fourth-order valence-electron chi connectivity index (χ4n) is 4.83. The van der Waals surface area contributed by atoms with Crippen molar-refractivity contribution in [3.8, 4) is 17.2 Å². The van der Waals surface area contributed by atoms with Gasteiger partial charge in [0.2, 0.25) is 0 Å². The number of ether oxygens (including phenoxy) is 3. The Labute approximate surface area is 230 Å². The van der Waals surface area contributed by atoms with E-state index < -0.39 is 11.0 Å². The summed E-state index contributed by atoms with van der Waals surface area (Å²) in [4.78, 5) is 12.4. The Morgan fingerprint density at radius 1 is 0.872 bits per heavy atom. The molecule has 0 saturated heterocycles. The van der Waals surface area contributed by atoms with Gasteiger partial charge in [0.15, 0.2) is 0 Å². The standard InChI is InChI=1S/C34H34O5/c1-33(2,3)32(35)39-28-18-19-29-31(20-28)38-23-30(26-12-8-5-9-13-26)34(29,36)21-24-14-16-27(17-15-24)37-22-25-10-6-4-7-11-25/h4-20,30,36H,21-23H2,1-3H3. The highest BCUT2D eigenvalue weighted by Crippen LogP contribution is 2.48. The van der Waals surface area contributed by atoms with Crippen LogP contribution in [0.4, 0.5) is 0 Å². The van der Waals surface area contributed by atoms with Crippen molar-refractivity contribution < 1.29 is 24.1 Å². The first kappa shape index (κ1) is 26.5. The second kappa shape index (κ2) is 11.0. The third kappa shape index (κ3) is 5.99. The zero-order valence-electron chi connectivity index (χ0n) is 22.6. The van der Waals surface area contributed by atoms with Crippen molar-refractivity contribution in [2.45, 2.75) is 45.3 Å². The normalized spacial score (nSPS) is 18.5. The molecule has 5 heteroatoms. The van der Waals surface area contributed by atoms with Crippen LogP contribution < -0.4 is 14.2 Å². The predicted octanol–water partition coefficient (Wildman–Crippen LogP) is 6.82. The lowest BCUT2D eigenvalue weighted by atomic mass is 9.72. The Hall–Kier alpha value is -4.09. The van der Waals surface area contributed by atoms with E-state index >= 15 is 0 Å². The summed E-state index contributed by atoms with van der Waals surface area (Å²) >= 11 is 0. The first-order chi connectivity index (χ1) is 18.7. The molecule has 1 aliphatic heterocycles. The molecule has 2 atom stereocenters. The zero-order chi connectivity index (χ0) is 27.5. The lowest BCUT2D eigenvalue weighted by Crippen LogP contribution is -2.42. The predicted molar refractivity (Wildman–Crippen MR) is 151 cm³/mol. The van der Waals surface area contributed by atoms with Gasteiger partial charge in [0, 0.05) is 18.1 Å². The highest BCUT2D eigenvalue weighted by molar-refractivity contribution is 5.78. The van der Waals surface area contributed by atoms with Gasteiger partial charge in [0.1, 0.15) is 29.5 Å². The van der Waals surface area contributed by atoms with Crippen LogP contribution in [-0.2, 0) is 23.4 Å². The van der Waals surface area contributed by atoms with E-state index in [0.717, 1.165) is 22.4 Å². The van der Waals surface area contributed by atoms with E-state index in [-0.39, 0.29) is 11.9 Å². The molecule has 0 aromatic heterocycles. The van der Waals surface area contributed by atoms with Gasteiger partial charge in [-0.25, -0.2) is 0 Å². The third-order valence-corrected chi connectivity index (χ3v) is 7.07. The van der Waals surface area contributed by atoms with Crippen molar-refractivity contribution in [3.05, 3.63) is 125 Å². The van der Waals surface area contributed by atoms with Crippen molar-refractivity contribution >= 4 is 5.97 Å². The van der Waals surface area contributed by atoms with Crippen LogP contribution in [0.5, 0.6) is 17.2 Å². The van der Waals surface area contributed by atoms with E-state index in [1.165, 1.54) is 0 Å². The molecule has 1 aliphatic rings. The van der Waals surface area contributed by atoms with Crippen LogP contribution >= 0.6 is 0 Å². The van der Waals surface area contributed by atoms with Crippen molar-refractivity contribution in [2.24, 2.45) is 5.41 Å². The summed E-state index contributed by atoms with van der Waals surface area (Å²) in [6, 6.07) is 33.1. The minimum absolute atomic E-state index is 0.289. The molecule has 4 aromatic rings. The molecule has 4 aromatic carbocycles. The monoisotopic (exact) mass is 522 g/mol. The van der Waals surface area contributed by atoms with Crippen LogP contribution in [0.15, 0.2) is 103 Å². The SMILES string of the molecule is CC(C)(C)C(=O)Oc1ccc2c(c1)OCC(c1ccccc1)C2(O)Cc1ccc(OCc2ccccc2)cc1. The summed E-state index contributed by atoms with van der Waals surface area (Å²) in [5, 5.41) is 12.4. The summed E-state index contributed by atoms with van der Waals surface area (Å²) in [5.41, 5.74) is 1.87. The van der Waals surface area contributed by atoms with Crippen LogP contribution in [0, 0.1) is 5.41 Å². The Balaban J connectivity index is 1.42. The number of aliphatic hydroxyl groups is 1. The smallest absolute Gasteiger partial charge is 0.316 e. The molecule has 0 amide bonds. The van der Waals surface area contributed by atoms with E-state index in [0.29, 0.717) is 36.7 Å².